The number of phenolic OH excluding ortho intramolecular Hbond substituents is 1. The van der Waals surface area contributed by atoms with Crippen molar-refractivity contribution < 1.29 is 13.9 Å². The molecular weight excluding hydrogens is 422 g/mol. The van der Waals surface area contributed by atoms with E-state index in [4.69, 9.17) is 0 Å². The lowest BCUT2D eigenvalue weighted by molar-refractivity contribution is 0.161. The molecular formula is C21H26F2N6OS. The van der Waals surface area contributed by atoms with Gasteiger partial charge in [-0.1, -0.05) is 11.3 Å². The van der Waals surface area contributed by atoms with Crippen LogP contribution in [0.4, 0.5) is 13.9 Å². The summed E-state index contributed by atoms with van der Waals surface area (Å²) in [6.07, 6.45) is 4.58. The molecule has 3 aromatic rings. The normalized spacial score (nSPS) is 18.3. The summed E-state index contributed by atoms with van der Waals surface area (Å²) in [7, 11) is 1.94. The van der Waals surface area contributed by atoms with Gasteiger partial charge in [-0.05, 0) is 46.6 Å². The number of rotatable bonds is 4. The first-order valence-corrected chi connectivity index (χ1v) is 10.9. The SMILES string of the molecule is CN(c1nnc(-c2c(O)cc(-c3cn[nH]c3)c(F)c2F)s1)C1CC(C)(C)NC(C)(C)C1. The van der Waals surface area contributed by atoms with Gasteiger partial charge in [-0.25, -0.2) is 8.78 Å². The van der Waals surface area contributed by atoms with E-state index in [1.165, 1.54) is 18.5 Å². The molecule has 1 aliphatic rings. The average molecular weight is 449 g/mol. The van der Waals surface area contributed by atoms with Gasteiger partial charge in [0.05, 0.1) is 11.8 Å². The monoisotopic (exact) mass is 448 g/mol. The number of aromatic amines is 1. The van der Waals surface area contributed by atoms with Crippen LogP contribution in [-0.4, -0.2) is 49.7 Å². The number of benzene rings is 1. The molecule has 31 heavy (non-hydrogen) atoms. The van der Waals surface area contributed by atoms with Gasteiger partial charge in [-0.3, -0.25) is 5.10 Å². The minimum absolute atomic E-state index is 0.0510. The Morgan fingerprint density at radius 3 is 2.42 bits per heavy atom. The zero-order chi connectivity index (χ0) is 22.6. The van der Waals surface area contributed by atoms with Gasteiger partial charge >= 0.3 is 0 Å². The molecule has 4 rings (SSSR count). The summed E-state index contributed by atoms with van der Waals surface area (Å²) in [5.74, 6) is -2.63. The van der Waals surface area contributed by atoms with Gasteiger partial charge in [0.25, 0.3) is 0 Å². The predicted octanol–water partition coefficient (Wildman–Crippen LogP) is 4.32. The molecule has 1 aliphatic heterocycles. The van der Waals surface area contributed by atoms with Gasteiger partial charge < -0.3 is 15.3 Å². The maximum atomic E-state index is 14.9. The number of aromatic nitrogens is 4. The lowest BCUT2D eigenvalue weighted by atomic mass is 9.79. The molecule has 3 heterocycles. The fourth-order valence-corrected chi connectivity index (χ4v) is 5.51. The average Bonchev–Trinajstić information content (AvgIpc) is 3.34. The summed E-state index contributed by atoms with van der Waals surface area (Å²) in [5.41, 5.74) is -0.122. The minimum atomic E-state index is -1.16. The zero-order valence-corrected chi connectivity index (χ0v) is 18.9. The molecule has 1 aromatic carbocycles. The number of nitrogens with zero attached hydrogens (tertiary/aromatic N) is 4. The number of H-pyrrole nitrogens is 1. The van der Waals surface area contributed by atoms with Gasteiger partial charge in [-0.15, -0.1) is 10.2 Å². The van der Waals surface area contributed by atoms with Crippen molar-refractivity contribution >= 4 is 16.5 Å². The lowest BCUT2D eigenvalue weighted by Crippen LogP contribution is -2.61. The van der Waals surface area contributed by atoms with Crippen LogP contribution in [0.1, 0.15) is 40.5 Å². The Labute approximate surface area is 183 Å². The minimum Gasteiger partial charge on any atom is -0.507 e. The molecule has 1 saturated heterocycles. The van der Waals surface area contributed by atoms with E-state index in [0.29, 0.717) is 10.7 Å². The van der Waals surface area contributed by atoms with E-state index in [1.807, 2.05) is 11.9 Å². The zero-order valence-electron chi connectivity index (χ0n) is 18.1. The summed E-state index contributed by atoms with van der Waals surface area (Å²) in [6, 6.07) is 1.38. The number of anilines is 1. The molecule has 3 N–H and O–H groups in total. The summed E-state index contributed by atoms with van der Waals surface area (Å²) >= 11 is 1.13. The molecule has 1 fully saturated rings. The summed E-state index contributed by atoms with van der Waals surface area (Å²) < 4.78 is 29.6. The molecule has 0 atom stereocenters. The van der Waals surface area contributed by atoms with Crippen LogP contribution in [0.3, 0.4) is 0 Å². The second kappa shape index (κ2) is 7.52. The maximum absolute atomic E-state index is 14.9. The van der Waals surface area contributed by atoms with Gasteiger partial charge in [-0.2, -0.15) is 5.10 Å². The fraction of sp³-hybridized carbons (Fsp3) is 0.476. The van der Waals surface area contributed by atoms with Crippen LogP contribution in [0.25, 0.3) is 21.7 Å². The van der Waals surface area contributed by atoms with Crippen LogP contribution in [0.5, 0.6) is 5.75 Å². The quantitative estimate of drug-likeness (QED) is 0.551. The van der Waals surface area contributed by atoms with Crippen LogP contribution in [0, 0.1) is 11.6 Å². The van der Waals surface area contributed by atoms with Crippen molar-refractivity contribution in [1.82, 2.24) is 25.7 Å². The first-order valence-electron chi connectivity index (χ1n) is 10.0. The molecule has 0 bridgehead atoms. The molecule has 166 valence electrons. The number of hydrogen-bond acceptors (Lipinski definition) is 7. The van der Waals surface area contributed by atoms with Crippen molar-refractivity contribution in [2.75, 3.05) is 11.9 Å². The molecule has 7 nitrogen and oxygen atoms in total. The van der Waals surface area contributed by atoms with Gasteiger partial charge in [0.1, 0.15) is 5.75 Å². The van der Waals surface area contributed by atoms with Crippen molar-refractivity contribution in [3.63, 3.8) is 0 Å². The van der Waals surface area contributed by atoms with Gasteiger partial charge in [0, 0.05) is 41.5 Å². The standard InChI is InChI=1S/C21H26F2N6OS/c1-20(2)7-12(8-21(3,4)28-20)29(5)19-27-26-18(31-19)15-14(30)6-13(16(22)17(15)23)11-9-24-25-10-11/h6,9-10,12,28,30H,7-8H2,1-5H3,(H,24,25). The highest BCUT2D eigenvalue weighted by Gasteiger charge is 2.40. The van der Waals surface area contributed by atoms with Gasteiger partial charge in [0.2, 0.25) is 5.13 Å². The maximum Gasteiger partial charge on any atom is 0.208 e. The molecule has 2 aromatic heterocycles. The fourth-order valence-electron chi connectivity index (χ4n) is 4.58. The second-order valence-electron chi connectivity index (χ2n) is 9.39. The lowest BCUT2D eigenvalue weighted by Gasteiger charge is -2.48. The van der Waals surface area contributed by atoms with Crippen molar-refractivity contribution in [3.05, 3.63) is 30.1 Å². The highest BCUT2D eigenvalue weighted by atomic mass is 32.1. The highest BCUT2D eigenvalue weighted by Crippen LogP contribution is 2.41. The Hall–Kier alpha value is -2.59. The van der Waals surface area contributed by atoms with Crippen LogP contribution in [0.15, 0.2) is 18.5 Å². The van der Waals surface area contributed by atoms with Crippen LogP contribution in [-0.2, 0) is 0 Å². The molecule has 0 aliphatic carbocycles. The van der Waals surface area contributed by atoms with E-state index in [1.54, 1.807) is 0 Å². The molecule has 0 spiro atoms. The molecule has 0 radical (unpaired) electrons. The number of halogens is 2. The second-order valence-corrected chi connectivity index (χ2v) is 10.3. The van der Waals surface area contributed by atoms with Crippen molar-refractivity contribution in [2.24, 2.45) is 0 Å². The van der Waals surface area contributed by atoms with Crippen molar-refractivity contribution in [2.45, 2.75) is 57.7 Å². The highest BCUT2D eigenvalue weighted by molar-refractivity contribution is 7.18. The number of piperidine rings is 1. The largest absolute Gasteiger partial charge is 0.507 e. The first-order chi connectivity index (χ1) is 14.5. The molecule has 10 heteroatoms. The predicted molar refractivity (Wildman–Crippen MR) is 117 cm³/mol. The van der Waals surface area contributed by atoms with E-state index in [0.717, 1.165) is 24.2 Å². The van der Waals surface area contributed by atoms with E-state index < -0.39 is 17.4 Å². The van der Waals surface area contributed by atoms with E-state index >= 15 is 0 Å². The Morgan fingerprint density at radius 1 is 1.13 bits per heavy atom. The Kier molecular flexibility index (Phi) is 5.25. The number of nitrogens with one attached hydrogen (secondary N) is 2. The van der Waals surface area contributed by atoms with Crippen LogP contribution < -0.4 is 10.2 Å². The van der Waals surface area contributed by atoms with E-state index in [9.17, 15) is 13.9 Å². The van der Waals surface area contributed by atoms with Crippen molar-refractivity contribution in [3.8, 4) is 27.4 Å². The van der Waals surface area contributed by atoms with Gasteiger partial charge in [0.15, 0.2) is 16.6 Å². The number of phenols is 1. The Balaban J connectivity index is 1.66. The Bertz CT molecular complexity index is 1080. The third kappa shape index (κ3) is 4.14. The molecule has 0 unspecified atom stereocenters. The van der Waals surface area contributed by atoms with Crippen LogP contribution in [0.2, 0.25) is 0 Å². The smallest absolute Gasteiger partial charge is 0.208 e. The summed E-state index contributed by atoms with van der Waals surface area (Å²) in [6.45, 7) is 8.66. The number of aromatic hydroxyl groups is 1. The van der Waals surface area contributed by atoms with E-state index in [2.05, 4.69) is 53.4 Å². The van der Waals surface area contributed by atoms with Crippen LogP contribution >= 0.6 is 11.3 Å². The third-order valence-corrected chi connectivity index (χ3v) is 6.67. The first kappa shape index (κ1) is 21.6. The topological polar surface area (TPSA) is 90.0 Å². The van der Waals surface area contributed by atoms with E-state index in [-0.39, 0.29) is 33.3 Å². The molecule has 0 saturated carbocycles. The molecule has 0 amide bonds. The number of hydrogen-bond donors (Lipinski definition) is 3. The summed E-state index contributed by atoms with van der Waals surface area (Å²) in [4.78, 5) is 2.04. The summed E-state index contributed by atoms with van der Waals surface area (Å²) in [5, 5.41) is 29.4. The van der Waals surface area contributed by atoms with Crippen molar-refractivity contribution in [1.29, 1.82) is 0 Å². The Morgan fingerprint density at radius 2 is 1.81 bits per heavy atom. The third-order valence-electron chi connectivity index (χ3n) is 5.64.